The third-order valence-corrected chi connectivity index (χ3v) is 5.05. The van der Waals surface area contributed by atoms with Crippen LogP contribution in [0.2, 0.25) is 0 Å². The van der Waals surface area contributed by atoms with Gasteiger partial charge in [-0.2, -0.15) is 0 Å². The molecule has 3 nitrogen and oxygen atoms in total. The molecule has 0 aromatic heterocycles. The molecule has 0 bridgehead atoms. The van der Waals surface area contributed by atoms with Crippen molar-refractivity contribution >= 4 is 5.97 Å². The highest BCUT2D eigenvalue weighted by atomic mass is 16.5. The minimum atomic E-state index is -0.275. The van der Waals surface area contributed by atoms with Gasteiger partial charge in [0.15, 0.2) is 0 Å². The second-order valence-electron chi connectivity index (χ2n) is 6.91. The lowest BCUT2D eigenvalue weighted by atomic mass is 9.78. The van der Waals surface area contributed by atoms with E-state index in [2.05, 4.69) is 6.92 Å². The molecule has 3 heteroatoms. The van der Waals surface area contributed by atoms with E-state index in [0.717, 1.165) is 30.6 Å². The first kappa shape index (κ1) is 18.8. The number of benzene rings is 1. The summed E-state index contributed by atoms with van der Waals surface area (Å²) in [6.45, 7) is 5.26. The van der Waals surface area contributed by atoms with E-state index in [9.17, 15) is 4.79 Å². The topological polar surface area (TPSA) is 35.5 Å². The Labute approximate surface area is 146 Å². The number of carbonyl (C=O) groups is 1. The molecule has 0 unspecified atom stereocenters. The molecule has 0 aliphatic heterocycles. The molecule has 24 heavy (non-hydrogen) atoms. The van der Waals surface area contributed by atoms with Crippen molar-refractivity contribution in [2.24, 2.45) is 11.8 Å². The zero-order valence-electron chi connectivity index (χ0n) is 15.3. The van der Waals surface area contributed by atoms with Crippen molar-refractivity contribution < 1.29 is 14.3 Å². The summed E-state index contributed by atoms with van der Waals surface area (Å²) in [5, 5.41) is 0. The van der Waals surface area contributed by atoms with E-state index in [1.807, 2.05) is 19.1 Å². The molecule has 0 spiro atoms. The first-order valence-electron chi connectivity index (χ1n) is 9.62. The van der Waals surface area contributed by atoms with Crippen LogP contribution < -0.4 is 4.74 Å². The normalized spacial score (nSPS) is 20.6. The predicted octanol–water partition coefficient (Wildman–Crippen LogP) is 5.63. The average molecular weight is 332 g/mol. The fourth-order valence-corrected chi connectivity index (χ4v) is 3.68. The van der Waals surface area contributed by atoms with E-state index in [4.69, 9.17) is 9.47 Å². The molecular formula is C21H32O3. The van der Waals surface area contributed by atoms with E-state index < -0.39 is 0 Å². The van der Waals surface area contributed by atoms with Crippen LogP contribution in [-0.2, 0) is 4.74 Å². The van der Waals surface area contributed by atoms with E-state index in [0.29, 0.717) is 12.2 Å². The van der Waals surface area contributed by atoms with Gasteiger partial charge in [0.1, 0.15) is 5.75 Å². The molecule has 1 aromatic carbocycles. The monoisotopic (exact) mass is 332 g/mol. The summed E-state index contributed by atoms with van der Waals surface area (Å²) in [7, 11) is 0. The highest BCUT2D eigenvalue weighted by molar-refractivity contribution is 5.89. The molecule has 134 valence electrons. The largest absolute Gasteiger partial charge is 0.494 e. The highest BCUT2D eigenvalue weighted by Gasteiger charge is 2.20. The minimum absolute atomic E-state index is 0.275. The molecule has 1 fully saturated rings. The molecular weight excluding hydrogens is 300 g/mol. The molecule has 1 saturated carbocycles. The van der Waals surface area contributed by atoms with E-state index in [1.54, 1.807) is 12.1 Å². The molecule has 1 aliphatic carbocycles. The van der Waals surface area contributed by atoms with Crippen LogP contribution in [0.1, 0.15) is 75.6 Å². The Bertz CT molecular complexity index is 472. The van der Waals surface area contributed by atoms with E-state index in [1.165, 1.54) is 44.9 Å². The van der Waals surface area contributed by atoms with Gasteiger partial charge in [0, 0.05) is 0 Å². The minimum Gasteiger partial charge on any atom is -0.494 e. The maximum atomic E-state index is 11.6. The zero-order valence-corrected chi connectivity index (χ0v) is 15.3. The lowest BCUT2D eigenvalue weighted by Crippen LogP contribution is -2.15. The maximum Gasteiger partial charge on any atom is 0.338 e. The van der Waals surface area contributed by atoms with Gasteiger partial charge >= 0.3 is 5.97 Å². The number of rotatable bonds is 9. The summed E-state index contributed by atoms with van der Waals surface area (Å²) in [4.78, 5) is 11.6. The van der Waals surface area contributed by atoms with Crippen molar-refractivity contribution in [2.45, 2.75) is 65.2 Å². The van der Waals surface area contributed by atoms with Gasteiger partial charge in [-0.3, -0.25) is 0 Å². The number of carbonyl (C=O) groups excluding carboxylic acids is 1. The number of hydrogen-bond donors (Lipinski definition) is 0. The zero-order chi connectivity index (χ0) is 17.2. The van der Waals surface area contributed by atoms with Gasteiger partial charge in [-0.25, -0.2) is 4.79 Å². The third-order valence-electron chi connectivity index (χ3n) is 5.05. The molecule has 0 N–H and O–H groups in total. The predicted molar refractivity (Wildman–Crippen MR) is 97.5 cm³/mol. The molecule has 1 aliphatic rings. The maximum absolute atomic E-state index is 11.6. The standard InChI is InChI=1S/C21H32O3/c1-3-6-17-8-10-18(11-9-17)7-5-16-24-20-14-12-19(13-15-20)21(22)23-4-2/h12-15,17-18H,3-11,16H2,1-2H3/t17-,18-. The SMILES string of the molecule is CCC[C@H]1CC[C@H](CCCOc2ccc(C(=O)OCC)cc2)CC1. The van der Waals surface area contributed by atoms with Gasteiger partial charge in [0.25, 0.3) is 0 Å². The van der Waals surface area contributed by atoms with Crippen molar-refractivity contribution in [3.05, 3.63) is 29.8 Å². The Balaban J connectivity index is 1.62. The van der Waals surface area contributed by atoms with Gasteiger partial charge in [0.2, 0.25) is 0 Å². The summed E-state index contributed by atoms with van der Waals surface area (Å²) in [5.41, 5.74) is 0.577. The Hall–Kier alpha value is -1.51. The molecule has 0 heterocycles. The van der Waals surface area contributed by atoms with E-state index >= 15 is 0 Å². The van der Waals surface area contributed by atoms with Crippen molar-refractivity contribution in [3.63, 3.8) is 0 Å². The van der Waals surface area contributed by atoms with Crippen LogP contribution in [0.3, 0.4) is 0 Å². The second-order valence-corrected chi connectivity index (χ2v) is 6.91. The van der Waals surface area contributed by atoms with Crippen molar-refractivity contribution in [2.75, 3.05) is 13.2 Å². The molecule has 0 saturated heterocycles. The Morgan fingerprint density at radius 3 is 2.21 bits per heavy atom. The highest BCUT2D eigenvalue weighted by Crippen LogP contribution is 2.33. The smallest absolute Gasteiger partial charge is 0.338 e. The summed E-state index contributed by atoms with van der Waals surface area (Å²) in [6, 6.07) is 7.23. The molecule has 2 rings (SSSR count). The fourth-order valence-electron chi connectivity index (χ4n) is 3.68. The lowest BCUT2D eigenvalue weighted by molar-refractivity contribution is 0.0526. The Morgan fingerprint density at radius 2 is 1.62 bits per heavy atom. The van der Waals surface area contributed by atoms with Gasteiger partial charge in [-0.15, -0.1) is 0 Å². The molecule has 0 amide bonds. The quantitative estimate of drug-likeness (QED) is 0.434. The van der Waals surface area contributed by atoms with Crippen LogP contribution in [0.15, 0.2) is 24.3 Å². The van der Waals surface area contributed by atoms with Gasteiger partial charge in [-0.1, -0.05) is 45.4 Å². The molecule has 0 radical (unpaired) electrons. The van der Waals surface area contributed by atoms with Gasteiger partial charge in [-0.05, 0) is 55.9 Å². The second kappa shape index (κ2) is 10.4. The number of esters is 1. The van der Waals surface area contributed by atoms with Gasteiger partial charge in [0.05, 0.1) is 18.8 Å². The summed E-state index contributed by atoms with van der Waals surface area (Å²) < 4.78 is 10.8. The van der Waals surface area contributed by atoms with Crippen molar-refractivity contribution in [1.82, 2.24) is 0 Å². The number of hydrogen-bond acceptors (Lipinski definition) is 3. The van der Waals surface area contributed by atoms with Gasteiger partial charge < -0.3 is 9.47 Å². The number of ether oxygens (including phenoxy) is 2. The van der Waals surface area contributed by atoms with Crippen LogP contribution in [0.25, 0.3) is 0 Å². The summed E-state index contributed by atoms with van der Waals surface area (Å²) in [5.74, 6) is 2.44. The van der Waals surface area contributed by atoms with Crippen LogP contribution in [0, 0.1) is 11.8 Å². The van der Waals surface area contributed by atoms with Crippen LogP contribution in [0.5, 0.6) is 5.75 Å². The van der Waals surface area contributed by atoms with E-state index in [-0.39, 0.29) is 5.97 Å². The first-order valence-corrected chi connectivity index (χ1v) is 9.62. The lowest BCUT2D eigenvalue weighted by Gasteiger charge is -2.28. The summed E-state index contributed by atoms with van der Waals surface area (Å²) >= 11 is 0. The van der Waals surface area contributed by atoms with Crippen LogP contribution in [-0.4, -0.2) is 19.2 Å². The van der Waals surface area contributed by atoms with Crippen molar-refractivity contribution in [3.8, 4) is 5.75 Å². The van der Waals surface area contributed by atoms with Crippen LogP contribution in [0.4, 0.5) is 0 Å². The Kier molecular flexibility index (Phi) is 8.14. The van der Waals surface area contributed by atoms with Crippen molar-refractivity contribution in [1.29, 1.82) is 0 Å². The third kappa shape index (κ3) is 6.18. The molecule has 0 atom stereocenters. The Morgan fingerprint density at radius 1 is 1.00 bits per heavy atom. The molecule has 1 aromatic rings. The fraction of sp³-hybridized carbons (Fsp3) is 0.667. The van der Waals surface area contributed by atoms with Crippen LogP contribution >= 0.6 is 0 Å². The summed E-state index contributed by atoms with van der Waals surface area (Å²) in [6.07, 6.45) is 10.8. The first-order chi connectivity index (χ1) is 11.7. The average Bonchev–Trinajstić information content (AvgIpc) is 2.61.